The normalized spacial score (nSPS) is 13.0. The number of carbonyl (C=O) groups excluding carboxylic acids is 1. The Balaban J connectivity index is 2.04. The summed E-state index contributed by atoms with van der Waals surface area (Å²) in [6, 6.07) is 11.9. The first-order valence-corrected chi connectivity index (χ1v) is 11.4. The zero-order valence-electron chi connectivity index (χ0n) is 17.2. The second kappa shape index (κ2) is 11.3. The molecular weight excluding hydrogens is 431 g/mol. The van der Waals surface area contributed by atoms with Crippen LogP contribution in [-0.4, -0.2) is 21.5 Å². The number of alkyl halides is 3. The number of hydrogen-bond donors (Lipinski definition) is 1. The lowest BCUT2D eigenvalue weighted by molar-refractivity contribution is -0.140. The molecule has 0 amide bonds. The van der Waals surface area contributed by atoms with Gasteiger partial charge in [-0.1, -0.05) is 49.6 Å². The molecule has 0 bridgehead atoms. The summed E-state index contributed by atoms with van der Waals surface area (Å²) < 4.78 is 71.0. The molecular formula is C22H26F3NO4S. The van der Waals surface area contributed by atoms with Crippen LogP contribution in [0.2, 0.25) is 0 Å². The lowest BCUT2D eigenvalue weighted by Gasteiger charge is -2.19. The maximum absolute atomic E-state index is 12.8. The number of benzene rings is 2. The maximum Gasteiger partial charge on any atom is 0.416 e. The van der Waals surface area contributed by atoms with Crippen LogP contribution in [0.4, 0.5) is 13.2 Å². The second-order valence-corrected chi connectivity index (χ2v) is 8.85. The third kappa shape index (κ3) is 7.99. The number of carbonyl (C=O) groups is 1. The monoisotopic (exact) mass is 457 g/mol. The summed E-state index contributed by atoms with van der Waals surface area (Å²) in [4.78, 5) is 10.9. The van der Waals surface area contributed by atoms with E-state index in [1.165, 1.54) is 7.11 Å². The third-order valence-corrected chi connectivity index (χ3v) is 6.33. The fraction of sp³-hybridized carbons (Fsp3) is 0.409. The molecule has 0 heterocycles. The predicted molar refractivity (Wildman–Crippen MR) is 111 cm³/mol. The summed E-state index contributed by atoms with van der Waals surface area (Å²) in [6.07, 6.45) is -0.641. The van der Waals surface area contributed by atoms with E-state index in [9.17, 15) is 26.4 Å². The van der Waals surface area contributed by atoms with Crippen LogP contribution < -0.4 is 4.72 Å². The fourth-order valence-corrected chi connectivity index (χ4v) is 4.39. The molecule has 1 N–H and O–H groups in total. The SMILES string of the molecule is COC(=O)CCCCCCC(NS(=O)(=O)c1ccc(C(F)(F)F)cc1)c1ccccc1. The molecule has 1 atom stereocenters. The van der Waals surface area contributed by atoms with Crippen LogP contribution >= 0.6 is 0 Å². The molecule has 0 radical (unpaired) electrons. The molecule has 0 aliphatic rings. The highest BCUT2D eigenvalue weighted by molar-refractivity contribution is 7.89. The highest BCUT2D eigenvalue weighted by Crippen LogP contribution is 2.30. The molecule has 0 aliphatic carbocycles. The molecule has 31 heavy (non-hydrogen) atoms. The van der Waals surface area contributed by atoms with E-state index < -0.39 is 27.8 Å². The van der Waals surface area contributed by atoms with Gasteiger partial charge in [0, 0.05) is 12.5 Å². The summed E-state index contributed by atoms with van der Waals surface area (Å²) in [5.74, 6) is -0.258. The van der Waals surface area contributed by atoms with Gasteiger partial charge >= 0.3 is 12.1 Å². The summed E-state index contributed by atoms with van der Waals surface area (Å²) in [5, 5.41) is 0. The van der Waals surface area contributed by atoms with Crippen LogP contribution in [0.15, 0.2) is 59.5 Å². The number of methoxy groups -OCH3 is 1. The minimum Gasteiger partial charge on any atom is -0.469 e. The number of unbranched alkanes of at least 4 members (excludes halogenated alkanes) is 3. The Morgan fingerprint density at radius 3 is 2.16 bits per heavy atom. The summed E-state index contributed by atoms with van der Waals surface area (Å²) in [7, 11) is -2.67. The van der Waals surface area contributed by atoms with Gasteiger partial charge in [0.15, 0.2) is 0 Å². The number of hydrogen-bond acceptors (Lipinski definition) is 4. The number of ether oxygens (including phenoxy) is 1. The second-order valence-electron chi connectivity index (χ2n) is 7.14. The van der Waals surface area contributed by atoms with Crippen molar-refractivity contribution in [2.45, 2.75) is 55.6 Å². The van der Waals surface area contributed by atoms with E-state index in [0.29, 0.717) is 19.3 Å². The van der Waals surface area contributed by atoms with Gasteiger partial charge in [0.25, 0.3) is 0 Å². The van der Waals surface area contributed by atoms with E-state index in [1.807, 2.05) is 6.07 Å². The fourth-order valence-electron chi connectivity index (χ4n) is 3.13. The summed E-state index contributed by atoms with van der Waals surface area (Å²) in [6.45, 7) is 0. The molecule has 2 aromatic rings. The molecule has 9 heteroatoms. The molecule has 2 rings (SSSR count). The lowest BCUT2D eigenvalue weighted by Crippen LogP contribution is -2.28. The first-order valence-electron chi connectivity index (χ1n) is 9.95. The van der Waals surface area contributed by atoms with E-state index >= 15 is 0 Å². The Labute approximate surface area is 180 Å². The van der Waals surface area contributed by atoms with Crippen LogP contribution in [0.25, 0.3) is 0 Å². The average molecular weight is 458 g/mol. The number of sulfonamides is 1. The van der Waals surface area contributed by atoms with Crippen molar-refractivity contribution in [2.24, 2.45) is 0 Å². The Hall–Kier alpha value is -2.39. The van der Waals surface area contributed by atoms with Crippen molar-refractivity contribution in [3.8, 4) is 0 Å². The van der Waals surface area contributed by atoms with Crippen molar-refractivity contribution in [3.63, 3.8) is 0 Å². The average Bonchev–Trinajstić information content (AvgIpc) is 2.75. The third-order valence-electron chi connectivity index (χ3n) is 4.84. The zero-order chi connectivity index (χ0) is 22.9. The molecule has 1 unspecified atom stereocenters. The molecule has 0 fully saturated rings. The van der Waals surface area contributed by atoms with Gasteiger partial charge in [-0.05, 0) is 42.7 Å². The quantitative estimate of drug-likeness (QED) is 0.370. The number of esters is 1. The van der Waals surface area contributed by atoms with Gasteiger partial charge in [-0.2, -0.15) is 13.2 Å². The van der Waals surface area contributed by atoms with Gasteiger partial charge in [0.2, 0.25) is 10.0 Å². The molecule has 170 valence electrons. The van der Waals surface area contributed by atoms with Gasteiger partial charge in [0.1, 0.15) is 0 Å². The Bertz CT molecular complexity index is 929. The van der Waals surface area contributed by atoms with E-state index in [4.69, 9.17) is 0 Å². The van der Waals surface area contributed by atoms with Crippen molar-refractivity contribution >= 4 is 16.0 Å². The lowest BCUT2D eigenvalue weighted by atomic mass is 10.0. The van der Waals surface area contributed by atoms with Crippen LogP contribution in [0.5, 0.6) is 0 Å². The molecule has 0 aliphatic heterocycles. The highest BCUT2D eigenvalue weighted by atomic mass is 32.2. The van der Waals surface area contributed by atoms with Gasteiger partial charge in [-0.15, -0.1) is 0 Å². The number of nitrogens with one attached hydrogen (secondary N) is 1. The zero-order valence-corrected chi connectivity index (χ0v) is 18.0. The van der Waals surface area contributed by atoms with Gasteiger partial charge in [-0.25, -0.2) is 13.1 Å². The van der Waals surface area contributed by atoms with Crippen LogP contribution in [0.1, 0.15) is 55.7 Å². The van der Waals surface area contributed by atoms with E-state index in [-0.39, 0.29) is 10.9 Å². The molecule has 0 saturated heterocycles. The Morgan fingerprint density at radius 1 is 0.968 bits per heavy atom. The molecule has 0 spiro atoms. The molecule has 0 saturated carbocycles. The Kier molecular flexibility index (Phi) is 9.06. The standard InChI is InChI=1S/C22H26F3NO4S/c1-30-21(27)12-8-3-2-7-11-20(17-9-5-4-6-10-17)26-31(28,29)19-15-13-18(14-16-19)22(23,24)25/h4-6,9-10,13-16,20,26H,2-3,7-8,11-12H2,1H3. The maximum atomic E-state index is 12.8. The molecule has 0 aromatic heterocycles. The summed E-state index contributed by atoms with van der Waals surface area (Å²) in [5.41, 5.74) is -0.134. The van der Waals surface area contributed by atoms with Crippen LogP contribution in [-0.2, 0) is 25.7 Å². The minimum absolute atomic E-state index is 0.223. The first-order chi connectivity index (χ1) is 14.6. The molecule has 2 aromatic carbocycles. The van der Waals surface area contributed by atoms with Crippen LogP contribution in [0.3, 0.4) is 0 Å². The minimum atomic E-state index is -4.53. The highest BCUT2D eigenvalue weighted by Gasteiger charge is 2.31. The number of halogens is 3. The predicted octanol–water partition coefficient (Wildman–Crippen LogP) is 5.24. The van der Waals surface area contributed by atoms with Crippen molar-refractivity contribution in [2.75, 3.05) is 7.11 Å². The summed E-state index contributed by atoms with van der Waals surface area (Å²) >= 11 is 0. The number of rotatable bonds is 11. The topological polar surface area (TPSA) is 72.5 Å². The molecule has 5 nitrogen and oxygen atoms in total. The van der Waals surface area contributed by atoms with Crippen molar-refractivity contribution in [3.05, 3.63) is 65.7 Å². The van der Waals surface area contributed by atoms with Gasteiger partial charge in [-0.3, -0.25) is 4.79 Å². The van der Waals surface area contributed by atoms with Crippen molar-refractivity contribution in [1.29, 1.82) is 0 Å². The van der Waals surface area contributed by atoms with E-state index in [2.05, 4.69) is 9.46 Å². The van der Waals surface area contributed by atoms with E-state index in [1.54, 1.807) is 24.3 Å². The largest absolute Gasteiger partial charge is 0.469 e. The van der Waals surface area contributed by atoms with Crippen molar-refractivity contribution < 1.29 is 31.1 Å². The van der Waals surface area contributed by atoms with Gasteiger partial charge in [0.05, 0.1) is 17.6 Å². The first kappa shape index (κ1) is 24.9. The Morgan fingerprint density at radius 2 is 1.58 bits per heavy atom. The van der Waals surface area contributed by atoms with Crippen LogP contribution in [0, 0.1) is 0 Å². The van der Waals surface area contributed by atoms with Crippen molar-refractivity contribution in [1.82, 2.24) is 4.72 Å². The van der Waals surface area contributed by atoms with E-state index in [0.717, 1.165) is 49.1 Å². The smallest absolute Gasteiger partial charge is 0.416 e. The van der Waals surface area contributed by atoms with Gasteiger partial charge < -0.3 is 4.74 Å².